The van der Waals surface area contributed by atoms with Gasteiger partial charge in [0, 0.05) is 27.5 Å². The van der Waals surface area contributed by atoms with E-state index in [-0.39, 0.29) is 6.17 Å². The van der Waals surface area contributed by atoms with E-state index in [2.05, 4.69) is 66.0 Å². The second-order valence-electron chi connectivity index (χ2n) is 9.99. The molecule has 8 rings (SSSR count). The van der Waals surface area contributed by atoms with E-state index in [1.165, 1.54) is 21.5 Å². The van der Waals surface area contributed by atoms with Crippen molar-refractivity contribution in [2.75, 3.05) is 0 Å². The molecule has 0 saturated carbocycles. The van der Waals surface area contributed by atoms with Crippen molar-refractivity contribution in [3.8, 4) is 0 Å². The molecular weight excluding hydrogens is 514 g/mol. The maximum atomic E-state index is 6.51. The van der Waals surface area contributed by atoms with Crippen LogP contribution in [0.15, 0.2) is 136 Å². The molecule has 40 heavy (non-hydrogen) atoms. The van der Waals surface area contributed by atoms with Crippen LogP contribution >= 0.6 is 11.6 Å². The van der Waals surface area contributed by atoms with Gasteiger partial charge in [-0.05, 0) is 39.7 Å². The van der Waals surface area contributed by atoms with E-state index in [0.717, 1.165) is 38.9 Å². The number of amidine groups is 2. The molecule has 0 amide bonds. The molecule has 7 aromatic rings. The fraction of sp³-hybridized carbons (Fsp3) is 0.0286. The minimum Gasteiger partial charge on any atom is -0.454 e. The summed E-state index contributed by atoms with van der Waals surface area (Å²) in [6, 6.07) is 41.4. The van der Waals surface area contributed by atoms with Crippen LogP contribution in [0.2, 0.25) is 5.02 Å². The van der Waals surface area contributed by atoms with Gasteiger partial charge in [-0.25, -0.2) is 9.98 Å². The minimum atomic E-state index is -0.380. The molecular formula is C35H22ClN3O. The molecule has 0 spiro atoms. The average Bonchev–Trinajstić information content (AvgIpc) is 3.41. The summed E-state index contributed by atoms with van der Waals surface area (Å²) in [5, 5.41) is 11.0. The fourth-order valence-corrected chi connectivity index (χ4v) is 5.90. The third-order valence-corrected chi connectivity index (χ3v) is 7.89. The van der Waals surface area contributed by atoms with E-state index in [9.17, 15) is 0 Å². The second-order valence-corrected chi connectivity index (χ2v) is 10.4. The lowest BCUT2D eigenvalue weighted by Gasteiger charge is -2.24. The third kappa shape index (κ3) is 3.69. The molecule has 0 saturated heterocycles. The van der Waals surface area contributed by atoms with Crippen molar-refractivity contribution in [1.29, 1.82) is 0 Å². The van der Waals surface area contributed by atoms with Crippen molar-refractivity contribution in [2.45, 2.75) is 6.17 Å². The minimum absolute atomic E-state index is 0.380. The maximum Gasteiger partial charge on any atom is 0.159 e. The smallest absolute Gasteiger partial charge is 0.159 e. The Bertz CT molecular complexity index is 2160. The highest BCUT2D eigenvalue weighted by Gasteiger charge is 2.25. The SMILES string of the molecule is Clc1cccc2c1oc1cccc(C3N=C(c4ccccc4)N=C(c4ccc5ccc6ccccc6c5c4)N3)c12. The van der Waals surface area contributed by atoms with Crippen LogP contribution < -0.4 is 5.32 Å². The first-order valence-electron chi connectivity index (χ1n) is 13.2. The van der Waals surface area contributed by atoms with Gasteiger partial charge < -0.3 is 9.73 Å². The Morgan fingerprint density at radius 2 is 1.40 bits per heavy atom. The second kappa shape index (κ2) is 9.08. The lowest BCUT2D eigenvalue weighted by molar-refractivity contribution is 0.662. The van der Waals surface area contributed by atoms with Gasteiger partial charge in [0.05, 0.1) is 5.02 Å². The van der Waals surface area contributed by atoms with E-state index < -0.39 is 0 Å². The molecule has 0 bridgehead atoms. The number of hydrogen-bond donors (Lipinski definition) is 1. The van der Waals surface area contributed by atoms with Gasteiger partial charge in [0.15, 0.2) is 11.4 Å². The molecule has 1 aliphatic rings. The quantitative estimate of drug-likeness (QED) is 0.229. The molecule has 1 atom stereocenters. The van der Waals surface area contributed by atoms with Crippen LogP contribution in [0.4, 0.5) is 0 Å². The molecule has 1 unspecified atom stereocenters. The number of aliphatic imine (C=N–C) groups is 2. The summed E-state index contributed by atoms with van der Waals surface area (Å²) in [5.41, 5.74) is 4.44. The highest BCUT2D eigenvalue weighted by atomic mass is 35.5. The number of benzene rings is 6. The van der Waals surface area contributed by atoms with Crippen molar-refractivity contribution in [2.24, 2.45) is 9.98 Å². The Balaban J connectivity index is 1.33. The molecule has 0 aliphatic carbocycles. The molecule has 1 aliphatic heterocycles. The molecule has 1 aromatic heterocycles. The van der Waals surface area contributed by atoms with E-state index in [1.54, 1.807) is 0 Å². The van der Waals surface area contributed by atoms with Crippen molar-refractivity contribution >= 4 is 66.8 Å². The fourth-order valence-electron chi connectivity index (χ4n) is 5.69. The zero-order valence-corrected chi connectivity index (χ0v) is 22.1. The molecule has 190 valence electrons. The van der Waals surface area contributed by atoms with Crippen LogP contribution in [-0.2, 0) is 0 Å². The highest BCUT2D eigenvalue weighted by Crippen LogP contribution is 2.38. The van der Waals surface area contributed by atoms with Crippen LogP contribution in [0.1, 0.15) is 22.9 Å². The summed E-state index contributed by atoms with van der Waals surface area (Å²) in [4.78, 5) is 10.2. The van der Waals surface area contributed by atoms with Crippen LogP contribution in [0.25, 0.3) is 43.5 Å². The van der Waals surface area contributed by atoms with E-state index in [1.807, 2.05) is 60.7 Å². The molecule has 4 nitrogen and oxygen atoms in total. The van der Waals surface area contributed by atoms with Gasteiger partial charge in [0.25, 0.3) is 0 Å². The molecule has 0 fully saturated rings. The third-order valence-electron chi connectivity index (χ3n) is 7.60. The average molecular weight is 536 g/mol. The van der Waals surface area contributed by atoms with Crippen molar-refractivity contribution in [3.63, 3.8) is 0 Å². The van der Waals surface area contributed by atoms with Crippen LogP contribution in [0.5, 0.6) is 0 Å². The van der Waals surface area contributed by atoms with E-state index >= 15 is 0 Å². The summed E-state index contributed by atoms with van der Waals surface area (Å²) >= 11 is 6.51. The number of halogens is 1. The van der Waals surface area contributed by atoms with Crippen molar-refractivity contribution < 1.29 is 4.42 Å². The molecule has 6 aromatic carbocycles. The molecule has 1 N–H and O–H groups in total. The van der Waals surface area contributed by atoms with Crippen LogP contribution in [0, 0.1) is 0 Å². The van der Waals surface area contributed by atoms with Gasteiger partial charge in [0.1, 0.15) is 17.6 Å². The molecule has 5 heteroatoms. The van der Waals surface area contributed by atoms with Crippen LogP contribution in [-0.4, -0.2) is 11.7 Å². The zero-order valence-electron chi connectivity index (χ0n) is 21.3. The van der Waals surface area contributed by atoms with E-state index in [0.29, 0.717) is 16.4 Å². The van der Waals surface area contributed by atoms with Gasteiger partial charge in [-0.3, -0.25) is 0 Å². The molecule has 2 heterocycles. The van der Waals surface area contributed by atoms with Gasteiger partial charge in [-0.15, -0.1) is 0 Å². The van der Waals surface area contributed by atoms with Gasteiger partial charge in [-0.1, -0.05) is 115 Å². The number of nitrogens with zero attached hydrogens (tertiary/aromatic N) is 2. The summed E-state index contributed by atoms with van der Waals surface area (Å²) in [5.74, 6) is 1.46. The predicted molar refractivity (Wildman–Crippen MR) is 166 cm³/mol. The Morgan fingerprint density at radius 3 is 2.30 bits per heavy atom. The number of fused-ring (bicyclic) bond motifs is 6. The Hall–Kier alpha value is -4.93. The van der Waals surface area contributed by atoms with Gasteiger partial charge in [-0.2, -0.15) is 0 Å². The Kier molecular flexibility index (Phi) is 5.22. The van der Waals surface area contributed by atoms with Gasteiger partial charge in [0.2, 0.25) is 0 Å². The van der Waals surface area contributed by atoms with Crippen molar-refractivity contribution in [1.82, 2.24) is 5.32 Å². The number of nitrogens with one attached hydrogen (secondary N) is 1. The summed E-state index contributed by atoms with van der Waals surface area (Å²) < 4.78 is 6.19. The summed E-state index contributed by atoms with van der Waals surface area (Å²) in [6.07, 6.45) is -0.380. The topological polar surface area (TPSA) is 49.9 Å². The van der Waals surface area contributed by atoms with Gasteiger partial charge >= 0.3 is 0 Å². The summed E-state index contributed by atoms with van der Waals surface area (Å²) in [6.45, 7) is 0. The monoisotopic (exact) mass is 535 g/mol. The first kappa shape index (κ1) is 23.0. The summed E-state index contributed by atoms with van der Waals surface area (Å²) in [7, 11) is 0. The lowest BCUT2D eigenvalue weighted by Crippen LogP contribution is -2.33. The first-order valence-corrected chi connectivity index (χ1v) is 13.6. The first-order chi connectivity index (χ1) is 19.7. The number of furan rings is 1. The van der Waals surface area contributed by atoms with Crippen LogP contribution in [0.3, 0.4) is 0 Å². The van der Waals surface area contributed by atoms with E-state index in [4.69, 9.17) is 26.0 Å². The largest absolute Gasteiger partial charge is 0.454 e. The van der Waals surface area contributed by atoms with Crippen molar-refractivity contribution in [3.05, 3.63) is 143 Å². The number of hydrogen-bond acceptors (Lipinski definition) is 4. The predicted octanol–water partition coefficient (Wildman–Crippen LogP) is 9.04. The normalized spacial score (nSPS) is 15.4. The number of para-hydroxylation sites is 1. The Morgan fingerprint density at radius 1 is 0.650 bits per heavy atom. The highest BCUT2D eigenvalue weighted by molar-refractivity contribution is 6.36. The lowest BCUT2D eigenvalue weighted by atomic mass is 9.99. The zero-order chi connectivity index (χ0) is 26.6. The molecule has 0 radical (unpaired) electrons. The Labute approximate surface area is 235 Å². The number of rotatable bonds is 3. The standard InChI is InChI=1S/C35H22ClN3O/c36-29-14-6-12-26-31-27(13-7-15-30(31)40-32(26)29)35-38-33(23-9-2-1-3-10-23)37-34(39-35)24-19-18-22-17-16-21-8-4-5-11-25(21)28(22)20-24/h1-20,35H,(H,37,38,39). The maximum absolute atomic E-state index is 6.51.